The van der Waals surface area contributed by atoms with Gasteiger partial charge in [-0.3, -0.25) is 14.4 Å². The number of aryl methyl sites for hydroxylation is 1. The number of aliphatic carboxylic acids is 1. The number of nitrogens with zero attached hydrogens (tertiary/aromatic N) is 4. The first kappa shape index (κ1) is 29.7. The summed E-state index contributed by atoms with van der Waals surface area (Å²) in [5, 5.41) is 15.6. The summed E-state index contributed by atoms with van der Waals surface area (Å²) in [7, 11) is 0. The van der Waals surface area contributed by atoms with Crippen LogP contribution in [0, 0.1) is 11.8 Å². The molecule has 6 heteroatoms. The maximum atomic E-state index is 12.6. The Hall–Kier alpha value is -2.96. The van der Waals surface area contributed by atoms with Crippen LogP contribution in [-0.2, 0) is 16.8 Å². The van der Waals surface area contributed by atoms with E-state index in [4.69, 9.17) is 5.10 Å². The summed E-state index contributed by atoms with van der Waals surface area (Å²) in [6.45, 7) is 8.11. The fourth-order valence-corrected chi connectivity index (χ4v) is 9.08. The molecule has 2 saturated carbocycles. The molecule has 0 radical (unpaired) electrons. The Balaban J connectivity index is 1.03. The second-order valence-electron chi connectivity index (χ2n) is 14.2. The molecule has 0 bridgehead atoms. The summed E-state index contributed by atoms with van der Waals surface area (Å²) in [6.07, 6.45) is 10.4. The molecule has 2 saturated heterocycles. The van der Waals surface area contributed by atoms with Crippen LogP contribution < -0.4 is 0 Å². The fraction of sp³-hybridized carbons (Fsp3) is 0.579. The molecular formula is C38H50N4O2. The molecule has 44 heavy (non-hydrogen) atoms. The van der Waals surface area contributed by atoms with Crippen LogP contribution in [0.3, 0.4) is 0 Å². The van der Waals surface area contributed by atoms with Crippen LogP contribution in [0.25, 0.3) is 0 Å². The lowest BCUT2D eigenvalue weighted by Gasteiger charge is -2.35. The highest BCUT2D eigenvalue weighted by Crippen LogP contribution is 2.54. The fourth-order valence-electron chi connectivity index (χ4n) is 9.08. The molecule has 3 heterocycles. The Morgan fingerprint density at radius 2 is 1.61 bits per heavy atom. The number of hydrogen-bond acceptors (Lipinski definition) is 4. The molecule has 234 valence electrons. The minimum atomic E-state index is -0.615. The maximum Gasteiger partial charge on any atom is 0.321 e. The zero-order chi connectivity index (χ0) is 30.1. The largest absolute Gasteiger partial charge is 0.480 e. The smallest absolute Gasteiger partial charge is 0.321 e. The molecule has 3 aromatic rings. The summed E-state index contributed by atoms with van der Waals surface area (Å²) >= 11 is 0. The van der Waals surface area contributed by atoms with Crippen LogP contribution in [0.2, 0.25) is 0 Å². The van der Waals surface area contributed by atoms with Crippen molar-refractivity contribution < 1.29 is 9.90 Å². The standard InChI is InChI=1S/C38H50N4O2/c1-2-42-35(38(20-21-38)32-16-10-5-11-17-32)24-34(39-42)29-18-22-40(23-19-29)25-31-26-41(27-33(31)28-12-6-3-7-13-28)36(37(43)44)30-14-8-4-9-15-30/h3,5-7,10-13,16-17,24,29-31,33,36H,2,4,8-9,14-15,18-23,25-27H2,1H3,(H,43,44)/t31-,33+,36+/m0/s1. The second kappa shape index (κ2) is 12.8. The van der Waals surface area contributed by atoms with Crippen molar-refractivity contribution in [2.75, 3.05) is 32.7 Å². The van der Waals surface area contributed by atoms with Crippen molar-refractivity contribution >= 4 is 5.97 Å². The Labute approximate surface area is 263 Å². The van der Waals surface area contributed by atoms with E-state index in [2.05, 4.69) is 88.1 Å². The van der Waals surface area contributed by atoms with Crippen LogP contribution in [0.1, 0.15) is 99.1 Å². The lowest BCUT2D eigenvalue weighted by molar-refractivity contribution is -0.145. The summed E-state index contributed by atoms with van der Waals surface area (Å²) in [5.74, 6) is 1.02. The highest BCUT2D eigenvalue weighted by Gasteiger charge is 2.49. The van der Waals surface area contributed by atoms with E-state index in [1.54, 1.807) is 0 Å². The monoisotopic (exact) mass is 594 g/mol. The lowest BCUT2D eigenvalue weighted by Crippen LogP contribution is -2.46. The Morgan fingerprint density at radius 1 is 0.932 bits per heavy atom. The zero-order valence-electron chi connectivity index (χ0n) is 26.5. The van der Waals surface area contributed by atoms with Crippen molar-refractivity contribution in [2.45, 2.75) is 94.5 Å². The van der Waals surface area contributed by atoms with Gasteiger partial charge in [-0.05, 0) is 87.6 Å². The SMILES string of the molecule is CCn1nc(C2CCN(C[C@H]3CN([C@@H](C(=O)O)C4CCCCC4)C[C@@H]3c3ccccc3)CC2)cc1C1(c2ccccc2)CC1. The predicted molar refractivity (Wildman–Crippen MR) is 175 cm³/mol. The van der Waals surface area contributed by atoms with Crippen LogP contribution in [0.4, 0.5) is 0 Å². The molecule has 2 aliphatic heterocycles. The van der Waals surface area contributed by atoms with E-state index >= 15 is 0 Å². The Morgan fingerprint density at radius 3 is 2.25 bits per heavy atom. The topological polar surface area (TPSA) is 61.6 Å². The first-order valence-electron chi connectivity index (χ1n) is 17.4. The van der Waals surface area contributed by atoms with Crippen LogP contribution in [0.5, 0.6) is 0 Å². The van der Waals surface area contributed by atoms with E-state index in [-0.39, 0.29) is 17.4 Å². The van der Waals surface area contributed by atoms with Gasteiger partial charge < -0.3 is 10.0 Å². The summed E-state index contributed by atoms with van der Waals surface area (Å²) in [5.41, 5.74) is 5.65. The van der Waals surface area contributed by atoms with E-state index < -0.39 is 5.97 Å². The van der Waals surface area contributed by atoms with E-state index in [0.29, 0.717) is 17.8 Å². The van der Waals surface area contributed by atoms with Gasteiger partial charge in [0, 0.05) is 49.1 Å². The molecule has 2 aliphatic carbocycles. The number of hydrogen-bond donors (Lipinski definition) is 1. The molecule has 6 nitrogen and oxygen atoms in total. The average Bonchev–Trinajstić information content (AvgIpc) is 3.59. The third-order valence-electron chi connectivity index (χ3n) is 11.6. The van der Waals surface area contributed by atoms with Gasteiger partial charge in [0.15, 0.2) is 0 Å². The Bertz CT molecular complexity index is 1390. The molecule has 0 amide bonds. The van der Waals surface area contributed by atoms with Crippen molar-refractivity contribution in [2.24, 2.45) is 11.8 Å². The predicted octanol–water partition coefficient (Wildman–Crippen LogP) is 6.91. The van der Waals surface area contributed by atoms with Gasteiger partial charge in [0.05, 0.1) is 5.69 Å². The Kier molecular flexibility index (Phi) is 8.65. The van der Waals surface area contributed by atoms with Crippen LogP contribution in [0.15, 0.2) is 66.7 Å². The van der Waals surface area contributed by atoms with Gasteiger partial charge in [-0.25, -0.2) is 0 Å². The molecule has 4 fully saturated rings. The average molecular weight is 595 g/mol. The molecule has 0 unspecified atom stereocenters. The van der Waals surface area contributed by atoms with E-state index in [1.165, 1.54) is 54.6 Å². The molecule has 0 spiro atoms. The highest BCUT2D eigenvalue weighted by molar-refractivity contribution is 5.74. The number of piperidine rings is 1. The van der Waals surface area contributed by atoms with Crippen molar-refractivity contribution in [1.29, 1.82) is 0 Å². The van der Waals surface area contributed by atoms with Gasteiger partial charge in [-0.2, -0.15) is 5.10 Å². The number of benzene rings is 2. The van der Waals surface area contributed by atoms with Gasteiger partial charge >= 0.3 is 5.97 Å². The van der Waals surface area contributed by atoms with Crippen molar-refractivity contribution in [1.82, 2.24) is 19.6 Å². The van der Waals surface area contributed by atoms with Gasteiger partial charge in [0.25, 0.3) is 0 Å². The maximum absolute atomic E-state index is 12.6. The summed E-state index contributed by atoms with van der Waals surface area (Å²) < 4.78 is 2.28. The minimum Gasteiger partial charge on any atom is -0.480 e. The molecule has 3 atom stereocenters. The van der Waals surface area contributed by atoms with Crippen molar-refractivity contribution in [3.63, 3.8) is 0 Å². The molecule has 1 N–H and O–H groups in total. The van der Waals surface area contributed by atoms with Gasteiger partial charge in [0.1, 0.15) is 6.04 Å². The minimum absolute atomic E-state index is 0.148. The van der Waals surface area contributed by atoms with Crippen molar-refractivity contribution in [3.8, 4) is 0 Å². The summed E-state index contributed by atoms with van der Waals surface area (Å²) in [6, 6.07) is 24.0. The first-order valence-corrected chi connectivity index (χ1v) is 17.4. The number of carboxylic acids is 1. The van der Waals surface area contributed by atoms with Gasteiger partial charge in [-0.1, -0.05) is 79.9 Å². The third kappa shape index (κ3) is 5.88. The molecule has 7 rings (SSSR count). The number of likely N-dealkylation sites (tertiary alicyclic amines) is 2. The van der Waals surface area contributed by atoms with E-state index in [0.717, 1.165) is 65.0 Å². The molecule has 1 aromatic heterocycles. The number of carboxylic acid groups (broad SMARTS) is 1. The second-order valence-corrected chi connectivity index (χ2v) is 14.2. The van der Waals surface area contributed by atoms with Crippen molar-refractivity contribution in [3.05, 3.63) is 89.2 Å². The van der Waals surface area contributed by atoms with Crippen LogP contribution >= 0.6 is 0 Å². The van der Waals surface area contributed by atoms with E-state index in [1.807, 2.05) is 0 Å². The number of rotatable bonds is 10. The molecule has 2 aromatic carbocycles. The summed E-state index contributed by atoms with van der Waals surface area (Å²) in [4.78, 5) is 17.7. The highest BCUT2D eigenvalue weighted by atomic mass is 16.4. The van der Waals surface area contributed by atoms with Gasteiger partial charge in [-0.15, -0.1) is 0 Å². The number of aromatic nitrogens is 2. The normalized spacial score (nSPS) is 25.7. The van der Waals surface area contributed by atoms with Crippen LogP contribution in [-0.4, -0.2) is 69.4 Å². The first-order chi connectivity index (χ1) is 21.6. The quantitative estimate of drug-likeness (QED) is 0.276. The number of carbonyl (C=O) groups is 1. The van der Waals surface area contributed by atoms with E-state index in [9.17, 15) is 9.90 Å². The zero-order valence-corrected chi connectivity index (χ0v) is 26.5. The molecular weight excluding hydrogens is 544 g/mol. The lowest BCUT2D eigenvalue weighted by atomic mass is 9.83. The third-order valence-corrected chi connectivity index (χ3v) is 11.6. The molecule has 4 aliphatic rings. The van der Waals surface area contributed by atoms with Gasteiger partial charge in [0.2, 0.25) is 0 Å².